The standard InChI is InChI=1S/C23H25N5O3/c1-14-17(6-7-19(25-14)21(29)24-2)16-8-10-28(11-9-16)13-15-4-5-18-20(12-15)26-23(31)27(3)22(18)30/h4-8,12H,9-11,13H2,1-3H3,(H,24,29)(H,26,31). The fraction of sp³-hybridized carbons (Fsp3) is 0.304. The van der Waals surface area contributed by atoms with E-state index in [1.54, 1.807) is 19.2 Å². The summed E-state index contributed by atoms with van der Waals surface area (Å²) in [7, 11) is 3.06. The number of rotatable bonds is 4. The van der Waals surface area contributed by atoms with Gasteiger partial charge in [0, 0.05) is 39.4 Å². The number of aromatic amines is 1. The van der Waals surface area contributed by atoms with E-state index in [0.29, 0.717) is 16.6 Å². The van der Waals surface area contributed by atoms with Gasteiger partial charge in [-0.05, 0) is 48.2 Å². The van der Waals surface area contributed by atoms with E-state index < -0.39 is 5.69 Å². The fourth-order valence-corrected chi connectivity index (χ4v) is 3.96. The predicted molar refractivity (Wildman–Crippen MR) is 120 cm³/mol. The number of fused-ring (bicyclic) bond motifs is 1. The van der Waals surface area contributed by atoms with Crippen LogP contribution in [0.1, 0.15) is 33.7 Å². The number of benzene rings is 1. The molecule has 0 unspecified atom stereocenters. The van der Waals surface area contributed by atoms with E-state index in [4.69, 9.17) is 0 Å². The van der Waals surface area contributed by atoms with Gasteiger partial charge in [0.2, 0.25) is 0 Å². The minimum atomic E-state index is -0.411. The fourth-order valence-electron chi connectivity index (χ4n) is 3.96. The zero-order valence-electron chi connectivity index (χ0n) is 17.9. The molecule has 3 aromatic rings. The highest BCUT2D eigenvalue weighted by molar-refractivity contribution is 5.92. The van der Waals surface area contributed by atoms with Crippen molar-refractivity contribution >= 4 is 22.4 Å². The third kappa shape index (κ3) is 4.06. The van der Waals surface area contributed by atoms with E-state index in [9.17, 15) is 14.4 Å². The molecular formula is C23H25N5O3. The van der Waals surface area contributed by atoms with Crippen molar-refractivity contribution in [2.24, 2.45) is 7.05 Å². The van der Waals surface area contributed by atoms with E-state index in [2.05, 4.69) is 26.3 Å². The Bertz CT molecular complexity index is 1320. The zero-order valence-corrected chi connectivity index (χ0v) is 17.9. The molecule has 160 valence electrons. The van der Waals surface area contributed by atoms with E-state index in [0.717, 1.165) is 47.4 Å². The maximum absolute atomic E-state index is 12.2. The molecule has 2 aromatic heterocycles. The second-order valence-electron chi connectivity index (χ2n) is 7.80. The summed E-state index contributed by atoms with van der Waals surface area (Å²) in [5, 5.41) is 3.10. The monoisotopic (exact) mass is 419 g/mol. The predicted octanol–water partition coefficient (Wildman–Crippen LogP) is 1.58. The van der Waals surface area contributed by atoms with Gasteiger partial charge in [0.1, 0.15) is 5.69 Å². The maximum atomic E-state index is 12.2. The van der Waals surface area contributed by atoms with Crippen molar-refractivity contribution in [1.82, 2.24) is 24.8 Å². The molecule has 4 rings (SSSR count). The number of carbonyl (C=O) groups is 1. The van der Waals surface area contributed by atoms with Gasteiger partial charge in [-0.25, -0.2) is 9.78 Å². The Hall–Kier alpha value is -3.52. The number of aryl methyl sites for hydroxylation is 1. The second-order valence-corrected chi connectivity index (χ2v) is 7.80. The molecule has 0 spiro atoms. The molecule has 0 fully saturated rings. The van der Waals surface area contributed by atoms with Crippen LogP contribution in [0.4, 0.5) is 0 Å². The Morgan fingerprint density at radius 1 is 1.23 bits per heavy atom. The lowest BCUT2D eigenvalue weighted by molar-refractivity contribution is 0.0958. The van der Waals surface area contributed by atoms with Gasteiger partial charge in [-0.3, -0.25) is 19.1 Å². The Labute approximate surface area is 179 Å². The van der Waals surface area contributed by atoms with Gasteiger partial charge < -0.3 is 10.3 Å². The third-order valence-electron chi connectivity index (χ3n) is 5.76. The summed E-state index contributed by atoms with van der Waals surface area (Å²) in [5.41, 5.74) is 4.49. The Morgan fingerprint density at radius 2 is 2.03 bits per heavy atom. The van der Waals surface area contributed by atoms with E-state index in [-0.39, 0.29) is 11.5 Å². The van der Waals surface area contributed by atoms with Crippen LogP contribution in [0.5, 0.6) is 0 Å². The number of aromatic nitrogens is 3. The summed E-state index contributed by atoms with van der Waals surface area (Å²) >= 11 is 0. The van der Waals surface area contributed by atoms with Crippen molar-refractivity contribution in [2.75, 3.05) is 20.1 Å². The normalized spacial score (nSPS) is 14.5. The van der Waals surface area contributed by atoms with Crippen molar-refractivity contribution < 1.29 is 4.79 Å². The van der Waals surface area contributed by atoms with Crippen LogP contribution in [0.3, 0.4) is 0 Å². The zero-order chi connectivity index (χ0) is 22.1. The van der Waals surface area contributed by atoms with Crippen LogP contribution < -0.4 is 16.6 Å². The Kier molecular flexibility index (Phi) is 5.56. The molecule has 2 N–H and O–H groups in total. The summed E-state index contributed by atoms with van der Waals surface area (Å²) in [6.07, 6.45) is 3.08. The lowest BCUT2D eigenvalue weighted by Crippen LogP contribution is -2.32. The first-order chi connectivity index (χ1) is 14.9. The number of hydrogen-bond acceptors (Lipinski definition) is 5. The summed E-state index contributed by atoms with van der Waals surface area (Å²) in [6, 6.07) is 9.32. The van der Waals surface area contributed by atoms with Gasteiger partial charge in [0.15, 0.2) is 0 Å². The highest BCUT2D eigenvalue weighted by atomic mass is 16.2. The van der Waals surface area contributed by atoms with Gasteiger partial charge in [-0.15, -0.1) is 0 Å². The molecular weight excluding hydrogens is 394 g/mol. The first-order valence-corrected chi connectivity index (χ1v) is 10.2. The molecule has 1 amide bonds. The number of nitrogens with one attached hydrogen (secondary N) is 2. The van der Waals surface area contributed by atoms with Crippen LogP contribution in [-0.2, 0) is 13.6 Å². The van der Waals surface area contributed by atoms with Crippen molar-refractivity contribution in [3.05, 3.63) is 79.8 Å². The summed E-state index contributed by atoms with van der Waals surface area (Å²) in [5.74, 6) is -0.187. The highest BCUT2D eigenvalue weighted by Crippen LogP contribution is 2.25. The summed E-state index contributed by atoms with van der Waals surface area (Å²) < 4.78 is 1.08. The van der Waals surface area contributed by atoms with Crippen LogP contribution >= 0.6 is 0 Å². The first-order valence-electron chi connectivity index (χ1n) is 10.2. The van der Waals surface area contributed by atoms with Crippen LogP contribution in [0, 0.1) is 6.92 Å². The van der Waals surface area contributed by atoms with Gasteiger partial charge in [-0.1, -0.05) is 18.2 Å². The van der Waals surface area contributed by atoms with E-state index in [1.807, 2.05) is 25.1 Å². The molecule has 0 saturated carbocycles. The molecule has 1 aliphatic rings. The highest BCUT2D eigenvalue weighted by Gasteiger charge is 2.17. The number of hydrogen-bond donors (Lipinski definition) is 2. The van der Waals surface area contributed by atoms with Crippen LogP contribution in [0.25, 0.3) is 16.5 Å². The second kappa shape index (κ2) is 8.31. The SMILES string of the molecule is CNC(=O)c1ccc(C2=CCN(Cc3ccc4c(=O)n(C)c(=O)[nH]c4c3)CC2)c(C)n1. The van der Waals surface area contributed by atoms with Crippen molar-refractivity contribution in [2.45, 2.75) is 19.9 Å². The molecule has 0 saturated heterocycles. The smallest absolute Gasteiger partial charge is 0.328 e. The molecule has 0 radical (unpaired) electrons. The quantitative estimate of drug-likeness (QED) is 0.669. The first kappa shape index (κ1) is 20.7. The average Bonchev–Trinajstić information content (AvgIpc) is 2.77. The molecule has 8 nitrogen and oxygen atoms in total. The van der Waals surface area contributed by atoms with Crippen LogP contribution in [0.2, 0.25) is 0 Å². The average molecular weight is 419 g/mol. The summed E-state index contributed by atoms with van der Waals surface area (Å²) in [4.78, 5) is 45.4. The molecule has 0 bridgehead atoms. The molecule has 31 heavy (non-hydrogen) atoms. The van der Waals surface area contributed by atoms with Gasteiger partial charge in [0.05, 0.1) is 10.9 Å². The summed E-state index contributed by atoms with van der Waals surface area (Å²) in [6.45, 7) is 4.32. The van der Waals surface area contributed by atoms with E-state index in [1.165, 1.54) is 12.6 Å². The van der Waals surface area contributed by atoms with Crippen molar-refractivity contribution in [3.63, 3.8) is 0 Å². The van der Waals surface area contributed by atoms with E-state index >= 15 is 0 Å². The largest absolute Gasteiger partial charge is 0.354 e. The topological polar surface area (TPSA) is 100 Å². The molecule has 3 heterocycles. The number of nitrogens with zero attached hydrogens (tertiary/aromatic N) is 3. The molecule has 0 atom stereocenters. The number of pyridine rings is 1. The number of carbonyl (C=O) groups excluding carboxylic acids is 1. The molecule has 1 aliphatic heterocycles. The van der Waals surface area contributed by atoms with Crippen molar-refractivity contribution in [3.8, 4) is 0 Å². The van der Waals surface area contributed by atoms with Gasteiger partial charge in [-0.2, -0.15) is 0 Å². The molecule has 1 aromatic carbocycles. The lowest BCUT2D eigenvalue weighted by atomic mass is 9.97. The van der Waals surface area contributed by atoms with Gasteiger partial charge >= 0.3 is 5.69 Å². The Balaban J connectivity index is 1.50. The Morgan fingerprint density at radius 3 is 2.71 bits per heavy atom. The minimum Gasteiger partial charge on any atom is -0.354 e. The van der Waals surface area contributed by atoms with Crippen LogP contribution in [0.15, 0.2) is 46.0 Å². The van der Waals surface area contributed by atoms with Gasteiger partial charge in [0.25, 0.3) is 11.5 Å². The van der Waals surface area contributed by atoms with Crippen molar-refractivity contribution in [1.29, 1.82) is 0 Å². The molecule has 8 heteroatoms. The maximum Gasteiger partial charge on any atom is 0.328 e. The number of amides is 1. The lowest BCUT2D eigenvalue weighted by Gasteiger charge is -2.27. The third-order valence-corrected chi connectivity index (χ3v) is 5.76. The minimum absolute atomic E-state index is 0.187. The number of H-pyrrole nitrogens is 1. The molecule has 0 aliphatic carbocycles. The van der Waals surface area contributed by atoms with Crippen LogP contribution in [-0.4, -0.2) is 45.5 Å².